The van der Waals surface area contributed by atoms with E-state index >= 15 is 0 Å². The largest absolute Gasteiger partial charge is 0.455 e. The van der Waals surface area contributed by atoms with Crippen LogP contribution < -0.4 is 5.56 Å². The van der Waals surface area contributed by atoms with Crippen LogP contribution in [0.15, 0.2) is 35.5 Å². The molecule has 1 N–H and O–H groups in total. The summed E-state index contributed by atoms with van der Waals surface area (Å²) in [6.45, 7) is -0.647. The van der Waals surface area contributed by atoms with Crippen molar-refractivity contribution in [3.8, 4) is 11.1 Å². The molecule has 3 aromatic rings. The van der Waals surface area contributed by atoms with Gasteiger partial charge >= 0.3 is 18.3 Å². The molecule has 0 amide bonds. The van der Waals surface area contributed by atoms with Gasteiger partial charge in [-0.05, 0) is 24.6 Å². The Balaban J connectivity index is 2.18. The van der Waals surface area contributed by atoms with Crippen molar-refractivity contribution in [1.29, 1.82) is 0 Å². The van der Waals surface area contributed by atoms with Crippen LogP contribution in [0.25, 0.3) is 16.8 Å². The third-order valence-electron chi connectivity index (χ3n) is 4.30. The lowest BCUT2D eigenvalue weighted by atomic mass is 10.1. The Bertz CT molecular complexity index is 1180. The third-order valence-corrected chi connectivity index (χ3v) is 4.30. The smallest absolute Gasteiger partial charge is 0.389 e. The monoisotopic (exact) mass is 456 g/mol. The zero-order chi connectivity index (χ0) is 23.4. The van der Waals surface area contributed by atoms with Gasteiger partial charge in [-0.1, -0.05) is 0 Å². The zero-order valence-electron chi connectivity index (χ0n) is 15.3. The molecule has 3 aromatic heterocycles. The van der Waals surface area contributed by atoms with Gasteiger partial charge in [-0.3, -0.25) is 13.9 Å². The molecular weight excluding hydrogens is 444 g/mol. The predicted molar refractivity (Wildman–Crippen MR) is 89.3 cm³/mol. The van der Waals surface area contributed by atoms with Crippen LogP contribution in [0.2, 0.25) is 0 Å². The second kappa shape index (κ2) is 7.28. The molecule has 0 aliphatic heterocycles. The quantitative estimate of drug-likeness (QED) is 0.606. The summed E-state index contributed by atoms with van der Waals surface area (Å²) in [7, 11) is 0. The number of hydrogen-bond donors (Lipinski definition) is 1. The Labute approximate surface area is 167 Å². The molecule has 0 bridgehead atoms. The van der Waals surface area contributed by atoms with Crippen molar-refractivity contribution in [2.75, 3.05) is 0 Å². The van der Waals surface area contributed by atoms with E-state index in [1.165, 1.54) is 13.0 Å². The highest BCUT2D eigenvalue weighted by atomic mass is 19.4. The van der Waals surface area contributed by atoms with E-state index in [9.17, 15) is 45.0 Å². The summed E-state index contributed by atoms with van der Waals surface area (Å²) >= 11 is 0. The van der Waals surface area contributed by atoms with Crippen molar-refractivity contribution < 1.29 is 40.2 Å². The Morgan fingerprint density at radius 1 is 1.13 bits per heavy atom. The number of nitrogens with zero attached hydrogens (tertiary/aromatic N) is 4. The summed E-state index contributed by atoms with van der Waals surface area (Å²) in [4.78, 5) is 16.1. The molecule has 168 valence electrons. The fraction of sp³-hybridized carbons (Fsp3) is 0.353. The molecular formula is C17H12F8N4O2. The van der Waals surface area contributed by atoms with Crippen LogP contribution in [0.5, 0.6) is 0 Å². The highest BCUT2D eigenvalue weighted by Crippen LogP contribution is 2.37. The Morgan fingerprint density at radius 3 is 2.32 bits per heavy atom. The van der Waals surface area contributed by atoms with Crippen molar-refractivity contribution in [2.45, 2.75) is 37.8 Å². The van der Waals surface area contributed by atoms with E-state index < -0.39 is 59.0 Å². The standard InChI is InChI=1S/C17H12F8N4O2/c1-8(30)9-2-3-29-11(4-9)27-13(16(20,21)22)12(14(29)31)10-5-26-28(6-10)7-15(18,19)17(23,24)25/h2-6,8,30H,7H2,1H3/t8-/m1/s1. The van der Waals surface area contributed by atoms with Crippen molar-refractivity contribution in [1.82, 2.24) is 19.2 Å². The van der Waals surface area contributed by atoms with Gasteiger partial charge in [-0.15, -0.1) is 0 Å². The maximum atomic E-state index is 13.6. The fourth-order valence-corrected chi connectivity index (χ4v) is 2.75. The number of halogens is 8. The first kappa shape index (κ1) is 22.7. The number of pyridine rings is 1. The van der Waals surface area contributed by atoms with Gasteiger partial charge in [0.15, 0.2) is 5.69 Å². The van der Waals surface area contributed by atoms with E-state index in [4.69, 9.17) is 0 Å². The van der Waals surface area contributed by atoms with Gasteiger partial charge in [0.05, 0.1) is 17.9 Å². The van der Waals surface area contributed by atoms with Crippen LogP contribution in [0.1, 0.15) is 24.3 Å². The number of aliphatic hydroxyl groups is 1. The molecule has 0 aliphatic rings. The third kappa shape index (κ3) is 4.24. The molecule has 14 heteroatoms. The average molecular weight is 456 g/mol. The lowest BCUT2D eigenvalue weighted by Crippen LogP contribution is -2.40. The van der Waals surface area contributed by atoms with Gasteiger partial charge in [-0.25, -0.2) is 4.98 Å². The van der Waals surface area contributed by atoms with E-state index in [1.807, 2.05) is 0 Å². The van der Waals surface area contributed by atoms with Crippen molar-refractivity contribution >= 4 is 5.65 Å². The molecule has 0 saturated carbocycles. The van der Waals surface area contributed by atoms with Crippen LogP contribution in [0.4, 0.5) is 35.1 Å². The van der Waals surface area contributed by atoms with Crippen molar-refractivity contribution in [3.63, 3.8) is 0 Å². The predicted octanol–water partition coefficient (Wildman–Crippen LogP) is 3.83. The molecule has 0 spiro atoms. The SMILES string of the molecule is C[C@@H](O)c1ccn2c(=O)c(-c3cnn(CC(F)(F)C(F)(F)F)c3)c(C(F)(F)F)nc2c1. The summed E-state index contributed by atoms with van der Waals surface area (Å²) in [6, 6.07) is 2.31. The maximum absolute atomic E-state index is 13.6. The van der Waals surface area contributed by atoms with E-state index in [-0.39, 0.29) is 10.2 Å². The maximum Gasteiger partial charge on any atom is 0.455 e. The second-order valence-corrected chi connectivity index (χ2v) is 6.63. The minimum atomic E-state index is -5.90. The molecule has 3 heterocycles. The molecule has 0 fully saturated rings. The highest BCUT2D eigenvalue weighted by molar-refractivity contribution is 5.66. The van der Waals surface area contributed by atoms with Crippen molar-refractivity contribution in [3.05, 3.63) is 52.3 Å². The van der Waals surface area contributed by atoms with Gasteiger partial charge in [0.1, 0.15) is 12.2 Å². The minimum absolute atomic E-state index is 0.0911. The van der Waals surface area contributed by atoms with E-state index in [1.54, 1.807) is 0 Å². The first-order valence-electron chi connectivity index (χ1n) is 8.41. The average Bonchev–Trinajstić information content (AvgIpc) is 3.06. The molecule has 0 unspecified atom stereocenters. The summed E-state index contributed by atoms with van der Waals surface area (Å²) in [6.07, 6.45) is -10.0. The second-order valence-electron chi connectivity index (χ2n) is 6.63. The van der Waals surface area contributed by atoms with Crippen LogP contribution in [-0.2, 0) is 12.7 Å². The number of aliphatic hydroxyl groups excluding tert-OH is 1. The minimum Gasteiger partial charge on any atom is -0.389 e. The van der Waals surface area contributed by atoms with Crippen LogP contribution >= 0.6 is 0 Å². The number of aromatic nitrogens is 4. The van der Waals surface area contributed by atoms with Gasteiger partial charge in [-0.2, -0.15) is 40.2 Å². The number of hydrogen-bond acceptors (Lipinski definition) is 4. The molecule has 3 rings (SSSR count). The highest BCUT2D eigenvalue weighted by Gasteiger charge is 2.57. The Morgan fingerprint density at radius 2 is 1.77 bits per heavy atom. The fourth-order valence-electron chi connectivity index (χ4n) is 2.75. The lowest BCUT2D eigenvalue weighted by Gasteiger charge is -2.19. The molecule has 6 nitrogen and oxygen atoms in total. The van der Waals surface area contributed by atoms with E-state index in [0.29, 0.717) is 12.4 Å². The molecule has 31 heavy (non-hydrogen) atoms. The summed E-state index contributed by atoms with van der Waals surface area (Å²) in [5.74, 6) is -5.20. The van der Waals surface area contributed by atoms with Crippen LogP contribution in [0, 0.1) is 0 Å². The Kier molecular flexibility index (Phi) is 5.32. The summed E-state index contributed by atoms with van der Waals surface area (Å²) < 4.78 is 105. The van der Waals surface area contributed by atoms with Crippen LogP contribution in [-0.4, -0.2) is 36.4 Å². The zero-order valence-corrected chi connectivity index (χ0v) is 15.3. The first-order valence-corrected chi connectivity index (χ1v) is 8.41. The van der Waals surface area contributed by atoms with Gasteiger partial charge in [0.25, 0.3) is 5.56 Å². The van der Waals surface area contributed by atoms with Gasteiger partial charge in [0.2, 0.25) is 0 Å². The van der Waals surface area contributed by atoms with Gasteiger partial charge < -0.3 is 5.11 Å². The van der Waals surface area contributed by atoms with E-state index in [0.717, 1.165) is 16.7 Å². The summed E-state index contributed by atoms with van der Waals surface area (Å²) in [5, 5.41) is 12.8. The van der Waals surface area contributed by atoms with Gasteiger partial charge in [0, 0.05) is 18.0 Å². The van der Waals surface area contributed by atoms with Crippen molar-refractivity contribution in [2.24, 2.45) is 0 Å². The number of fused-ring (bicyclic) bond motifs is 1. The van der Waals surface area contributed by atoms with Crippen LogP contribution in [0.3, 0.4) is 0 Å². The molecule has 1 atom stereocenters. The number of rotatable bonds is 4. The Hall–Kier alpha value is -3.03. The van der Waals surface area contributed by atoms with E-state index in [2.05, 4.69) is 10.1 Å². The molecule has 0 aromatic carbocycles. The topological polar surface area (TPSA) is 72.4 Å². The molecule has 0 radical (unpaired) electrons. The molecule has 0 aliphatic carbocycles. The molecule has 0 saturated heterocycles. The first-order chi connectivity index (χ1) is 14.1. The summed E-state index contributed by atoms with van der Waals surface area (Å²) in [5.41, 5.74) is -4.92. The number of alkyl halides is 8. The normalized spacial score (nSPS) is 14.3. The lowest BCUT2D eigenvalue weighted by molar-refractivity contribution is -0.287.